The molecule has 0 unspecified atom stereocenters. The van der Waals surface area contributed by atoms with Gasteiger partial charge in [-0.2, -0.15) is 0 Å². The van der Waals surface area contributed by atoms with E-state index in [4.69, 9.17) is 21.1 Å². The van der Waals surface area contributed by atoms with Gasteiger partial charge in [-0.25, -0.2) is 4.79 Å². The van der Waals surface area contributed by atoms with Gasteiger partial charge in [0.2, 0.25) is 0 Å². The highest BCUT2D eigenvalue weighted by atomic mass is 79.9. The summed E-state index contributed by atoms with van der Waals surface area (Å²) >= 11 is 9.68. The third-order valence-corrected chi connectivity index (χ3v) is 4.72. The largest absolute Gasteiger partial charge is 0.444 e. The van der Waals surface area contributed by atoms with Crippen molar-refractivity contribution in [1.29, 1.82) is 0 Å². The summed E-state index contributed by atoms with van der Waals surface area (Å²) in [7, 11) is 0. The fourth-order valence-electron chi connectivity index (χ4n) is 2.50. The number of alkyl carbamates (subject to hydrolysis) is 1. The van der Waals surface area contributed by atoms with Crippen LogP contribution in [0.3, 0.4) is 0 Å². The molecule has 0 aliphatic carbocycles. The second kappa shape index (κ2) is 10.3. The Hall–Kier alpha value is -1.27. The summed E-state index contributed by atoms with van der Waals surface area (Å²) < 4.78 is 11.9. The molecule has 5 nitrogen and oxygen atoms in total. The SMILES string of the molecule is CCCC(=O)O[C@@](CC)(CCc1ccc(Br)cc1Cl)NC(=O)OC(C)(C)C. The van der Waals surface area contributed by atoms with Crippen molar-refractivity contribution in [2.24, 2.45) is 0 Å². The molecule has 0 aliphatic rings. The van der Waals surface area contributed by atoms with E-state index >= 15 is 0 Å². The zero-order valence-electron chi connectivity index (χ0n) is 16.7. The van der Waals surface area contributed by atoms with Crippen molar-refractivity contribution in [3.8, 4) is 0 Å². The maximum absolute atomic E-state index is 12.3. The van der Waals surface area contributed by atoms with Crippen LogP contribution in [0.25, 0.3) is 0 Å². The van der Waals surface area contributed by atoms with Gasteiger partial charge in [0.15, 0.2) is 5.72 Å². The first-order chi connectivity index (χ1) is 12.5. The zero-order valence-corrected chi connectivity index (χ0v) is 19.0. The molecule has 0 bridgehead atoms. The topological polar surface area (TPSA) is 64.6 Å². The molecule has 0 fully saturated rings. The molecule has 0 radical (unpaired) electrons. The summed E-state index contributed by atoms with van der Waals surface area (Å²) in [5.74, 6) is -0.350. The molecule has 1 amide bonds. The third-order valence-electron chi connectivity index (χ3n) is 3.88. The molecule has 1 aromatic carbocycles. The van der Waals surface area contributed by atoms with Crippen molar-refractivity contribution in [3.63, 3.8) is 0 Å². The lowest BCUT2D eigenvalue weighted by atomic mass is 9.99. The van der Waals surface area contributed by atoms with E-state index in [0.29, 0.717) is 30.7 Å². The number of esters is 1. The molecule has 0 aromatic heterocycles. The van der Waals surface area contributed by atoms with E-state index in [0.717, 1.165) is 10.0 Å². The van der Waals surface area contributed by atoms with Gasteiger partial charge in [0.05, 0.1) is 0 Å². The number of rotatable bonds is 8. The first-order valence-electron chi connectivity index (χ1n) is 9.17. The smallest absolute Gasteiger partial charge is 0.410 e. The molecule has 1 atom stereocenters. The molecule has 0 heterocycles. The average molecular weight is 463 g/mol. The number of amides is 1. The number of aryl methyl sites for hydroxylation is 1. The van der Waals surface area contributed by atoms with Gasteiger partial charge in [0.25, 0.3) is 0 Å². The highest BCUT2D eigenvalue weighted by Crippen LogP contribution is 2.27. The molecule has 0 saturated carbocycles. The third kappa shape index (κ3) is 8.52. The fourth-order valence-corrected chi connectivity index (χ4v) is 3.27. The van der Waals surface area contributed by atoms with E-state index in [1.54, 1.807) is 20.8 Å². The van der Waals surface area contributed by atoms with Crippen molar-refractivity contribution in [3.05, 3.63) is 33.3 Å². The van der Waals surface area contributed by atoms with Crippen LogP contribution in [0.1, 0.15) is 65.9 Å². The molecule has 1 N–H and O–H groups in total. The second-order valence-electron chi connectivity index (χ2n) is 7.43. The number of nitrogens with one attached hydrogen (secondary N) is 1. The average Bonchev–Trinajstić information content (AvgIpc) is 2.52. The lowest BCUT2D eigenvalue weighted by Gasteiger charge is -2.34. The van der Waals surface area contributed by atoms with Gasteiger partial charge in [-0.15, -0.1) is 0 Å². The molecule has 27 heavy (non-hydrogen) atoms. The summed E-state index contributed by atoms with van der Waals surface area (Å²) in [6.07, 6.45) is 1.68. The van der Waals surface area contributed by atoms with Gasteiger partial charge in [0.1, 0.15) is 5.60 Å². The van der Waals surface area contributed by atoms with Crippen molar-refractivity contribution in [2.45, 2.75) is 78.0 Å². The number of halogens is 2. The van der Waals surface area contributed by atoms with E-state index in [1.807, 2.05) is 32.0 Å². The molecule has 152 valence electrons. The zero-order chi connectivity index (χ0) is 20.7. The Morgan fingerprint density at radius 3 is 2.37 bits per heavy atom. The number of benzene rings is 1. The number of carbonyl (C=O) groups excluding carboxylic acids is 2. The Morgan fingerprint density at radius 2 is 1.85 bits per heavy atom. The minimum atomic E-state index is -1.15. The van der Waals surface area contributed by atoms with E-state index in [1.165, 1.54) is 0 Å². The first-order valence-corrected chi connectivity index (χ1v) is 10.3. The van der Waals surface area contributed by atoms with Crippen LogP contribution in [0, 0.1) is 0 Å². The van der Waals surface area contributed by atoms with Crippen LogP contribution < -0.4 is 5.32 Å². The molecule has 0 aliphatic heterocycles. The van der Waals surface area contributed by atoms with Crippen molar-refractivity contribution >= 4 is 39.6 Å². The van der Waals surface area contributed by atoms with Crippen LogP contribution in [-0.2, 0) is 20.7 Å². The van der Waals surface area contributed by atoms with Crippen LogP contribution in [0.4, 0.5) is 4.79 Å². The van der Waals surface area contributed by atoms with Gasteiger partial charge in [-0.05, 0) is 51.3 Å². The van der Waals surface area contributed by atoms with Crippen LogP contribution in [0.15, 0.2) is 22.7 Å². The Kier molecular flexibility index (Phi) is 9.09. The number of carbonyl (C=O) groups is 2. The van der Waals surface area contributed by atoms with E-state index in [-0.39, 0.29) is 12.4 Å². The van der Waals surface area contributed by atoms with E-state index in [2.05, 4.69) is 21.2 Å². The maximum atomic E-state index is 12.3. The van der Waals surface area contributed by atoms with Crippen LogP contribution in [-0.4, -0.2) is 23.4 Å². The summed E-state index contributed by atoms with van der Waals surface area (Å²) in [6.45, 7) is 9.11. The minimum absolute atomic E-state index is 0.288. The van der Waals surface area contributed by atoms with Crippen molar-refractivity contribution < 1.29 is 19.1 Å². The summed E-state index contributed by atoms with van der Waals surface area (Å²) in [5.41, 5.74) is -0.882. The molecule has 0 spiro atoms. The number of ether oxygens (including phenoxy) is 2. The van der Waals surface area contributed by atoms with Gasteiger partial charge in [-0.3, -0.25) is 10.1 Å². The van der Waals surface area contributed by atoms with Crippen molar-refractivity contribution in [2.75, 3.05) is 0 Å². The molecule has 1 aromatic rings. The Bertz CT molecular complexity index is 660. The van der Waals surface area contributed by atoms with Crippen LogP contribution in [0.5, 0.6) is 0 Å². The normalized spacial score (nSPS) is 13.6. The Labute approximate surface area is 175 Å². The lowest BCUT2D eigenvalue weighted by Crippen LogP contribution is -2.53. The lowest BCUT2D eigenvalue weighted by molar-refractivity contribution is -0.164. The molecule has 0 saturated heterocycles. The monoisotopic (exact) mass is 461 g/mol. The van der Waals surface area contributed by atoms with Crippen LogP contribution in [0.2, 0.25) is 5.02 Å². The van der Waals surface area contributed by atoms with Crippen LogP contribution >= 0.6 is 27.5 Å². The second-order valence-corrected chi connectivity index (χ2v) is 8.76. The van der Waals surface area contributed by atoms with Gasteiger partial charge >= 0.3 is 12.1 Å². The number of hydrogen-bond acceptors (Lipinski definition) is 4. The standard InChI is InChI=1S/C20H29BrClNO4/c1-6-8-17(24)26-20(7-2,23-18(25)27-19(3,4)5)12-11-14-9-10-15(21)13-16(14)22/h9-10,13H,6-8,11-12H2,1-5H3,(H,23,25)/t20-/m0/s1. The molecule has 1 rings (SSSR count). The van der Waals surface area contributed by atoms with Gasteiger partial charge in [0, 0.05) is 28.8 Å². The quantitative estimate of drug-likeness (QED) is 0.379. The molecule has 7 heteroatoms. The summed E-state index contributed by atoms with van der Waals surface area (Å²) in [6, 6.07) is 5.63. The Balaban J connectivity index is 2.99. The predicted octanol–water partition coefficient (Wildman–Crippen LogP) is 6.01. The fraction of sp³-hybridized carbons (Fsp3) is 0.600. The summed E-state index contributed by atoms with van der Waals surface area (Å²) in [4.78, 5) is 24.5. The van der Waals surface area contributed by atoms with E-state index < -0.39 is 17.4 Å². The first kappa shape index (κ1) is 23.8. The molecular formula is C20H29BrClNO4. The highest BCUT2D eigenvalue weighted by molar-refractivity contribution is 9.10. The minimum Gasteiger partial charge on any atom is -0.444 e. The predicted molar refractivity (Wildman–Crippen MR) is 111 cm³/mol. The molecular weight excluding hydrogens is 434 g/mol. The number of hydrogen-bond donors (Lipinski definition) is 1. The summed E-state index contributed by atoms with van der Waals surface area (Å²) in [5, 5.41) is 3.39. The van der Waals surface area contributed by atoms with Crippen molar-refractivity contribution in [1.82, 2.24) is 5.32 Å². The van der Waals surface area contributed by atoms with Gasteiger partial charge in [-0.1, -0.05) is 47.4 Å². The highest BCUT2D eigenvalue weighted by Gasteiger charge is 2.35. The van der Waals surface area contributed by atoms with E-state index in [9.17, 15) is 9.59 Å². The van der Waals surface area contributed by atoms with Gasteiger partial charge < -0.3 is 9.47 Å². The maximum Gasteiger partial charge on any atom is 0.410 e. The Morgan fingerprint density at radius 1 is 1.19 bits per heavy atom.